The molecule has 0 radical (unpaired) electrons. The number of aliphatic carboxylic acids is 1. The molecule has 0 saturated carbocycles. The van der Waals surface area contributed by atoms with Crippen molar-refractivity contribution < 1.29 is 14.6 Å². The third kappa shape index (κ3) is 3.61. The predicted molar refractivity (Wildman–Crippen MR) is 82.5 cm³/mol. The first-order valence-electron chi connectivity index (χ1n) is 6.78. The fraction of sp³-hybridized carbons (Fsp3) is 0.235. The van der Waals surface area contributed by atoms with Crippen molar-refractivity contribution in [3.05, 3.63) is 54.1 Å². The molecule has 4 heteroatoms. The van der Waals surface area contributed by atoms with Crippen molar-refractivity contribution in [1.82, 2.24) is 5.32 Å². The zero-order valence-electron chi connectivity index (χ0n) is 12.2. The van der Waals surface area contributed by atoms with Crippen molar-refractivity contribution in [2.45, 2.75) is 12.5 Å². The molecule has 0 aliphatic heterocycles. The number of rotatable bonds is 6. The topological polar surface area (TPSA) is 58.6 Å². The van der Waals surface area contributed by atoms with Gasteiger partial charge in [-0.15, -0.1) is 0 Å². The monoisotopic (exact) mass is 285 g/mol. The van der Waals surface area contributed by atoms with Crippen molar-refractivity contribution in [1.29, 1.82) is 0 Å². The van der Waals surface area contributed by atoms with Gasteiger partial charge in [0.25, 0.3) is 0 Å². The lowest BCUT2D eigenvalue weighted by Gasteiger charge is -2.15. The predicted octanol–water partition coefficient (Wildman–Crippen LogP) is 3.10. The van der Waals surface area contributed by atoms with Crippen LogP contribution in [0, 0.1) is 0 Å². The highest BCUT2D eigenvalue weighted by Crippen LogP contribution is 2.30. The van der Waals surface area contributed by atoms with E-state index in [0.29, 0.717) is 0 Å². The van der Waals surface area contributed by atoms with Gasteiger partial charge in [-0.05, 0) is 24.2 Å². The molecule has 0 aliphatic rings. The largest absolute Gasteiger partial charge is 0.496 e. The maximum absolute atomic E-state index is 10.9. The van der Waals surface area contributed by atoms with E-state index in [1.165, 1.54) is 0 Å². The van der Waals surface area contributed by atoms with Crippen LogP contribution in [-0.2, 0) is 4.79 Å². The maximum Gasteiger partial charge on any atom is 0.305 e. The highest BCUT2D eigenvalue weighted by molar-refractivity contribution is 5.71. The molecule has 0 amide bonds. The minimum absolute atomic E-state index is 0.0600. The van der Waals surface area contributed by atoms with Crippen LogP contribution in [0.3, 0.4) is 0 Å². The molecule has 0 unspecified atom stereocenters. The Morgan fingerprint density at radius 3 is 2.43 bits per heavy atom. The first-order valence-corrected chi connectivity index (χ1v) is 6.78. The van der Waals surface area contributed by atoms with Crippen LogP contribution in [0.1, 0.15) is 18.0 Å². The number of hydrogen-bond acceptors (Lipinski definition) is 3. The molecule has 0 heterocycles. The van der Waals surface area contributed by atoms with Crippen molar-refractivity contribution in [3.63, 3.8) is 0 Å². The van der Waals surface area contributed by atoms with Gasteiger partial charge < -0.3 is 15.2 Å². The summed E-state index contributed by atoms with van der Waals surface area (Å²) in [5, 5.41) is 11.9. The number of carbonyl (C=O) groups is 1. The number of hydrogen-bond donors (Lipinski definition) is 2. The van der Waals surface area contributed by atoms with E-state index in [9.17, 15) is 4.79 Å². The molecule has 0 bridgehead atoms. The average molecular weight is 285 g/mol. The van der Waals surface area contributed by atoms with Gasteiger partial charge in [0.15, 0.2) is 0 Å². The Kier molecular flexibility index (Phi) is 4.95. The van der Waals surface area contributed by atoms with Crippen LogP contribution in [0.15, 0.2) is 48.5 Å². The van der Waals surface area contributed by atoms with E-state index < -0.39 is 5.97 Å². The molecule has 110 valence electrons. The third-order valence-electron chi connectivity index (χ3n) is 3.46. The normalized spacial score (nSPS) is 11.9. The van der Waals surface area contributed by atoms with E-state index >= 15 is 0 Å². The molecule has 1 atom stereocenters. The molecule has 2 N–H and O–H groups in total. The van der Waals surface area contributed by atoms with Gasteiger partial charge in [-0.2, -0.15) is 0 Å². The molecule has 2 aromatic rings. The van der Waals surface area contributed by atoms with Crippen LogP contribution in [0.2, 0.25) is 0 Å². The Balaban J connectivity index is 2.28. The molecular weight excluding hydrogens is 266 g/mol. The number of nitrogens with one attached hydrogen (secondary N) is 1. The van der Waals surface area contributed by atoms with Gasteiger partial charge in [-0.1, -0.05) is 42.5 Å². The number of para-hydroxylation sites is 1. The Morgan fingerprint density at radius 2 is 1.86 bits per heavy atom. The van der Waals surface area contributed by atoms with Gasteiger partial charge in [0.05, 0.1) is 13.5 Å². The number of carboxylic acids is 1. The second-order valence-electron chi connectivity index (χ2n) is 4.76. The summed E-state index contributed by atoms with van der Waals surface area (Å²) in [4.78, 5) is 10.9. The minimum atomic E-state index is -0.817. The Labute approximate surface area is 124 Å². The molecular formula is C17H19NO3. The van der Waals surface area contributed by atoms with Crippen molar-refractivity contribution in [2.24, 2.45) is 0 Å². The summed E-state index contributed by atoms with van der Waals surface area (Å²) >= 11 is 0. The quantitative estimate of drug-likeness (QED) is 0.856. The SMILES string of the molecule is CN[C@H](CC(=O)O)c1ccc(-c2ccccc2OC)cc1. The summed E-state index contributed by atoms with van der Waals surface area (Å²) in [6.45, 7) is 0. The smallest absolute Gasteiger partial charge is 0.305 e. The van der Waals surface area contributed by atoms with E-state index in [1.807, 2.05) is 48.5 Å². The number of benzene rings is 2. The lowest BCUT2D eigenvalue weighted by Crippen LogP contribution is -2.19. The fourth-order valence-corrected chi connectivity index (χ4v) is 2.34. The average Bonchev–Trinajstić information content (AvgIpc) is 2.52. The van der Waals surface area contributed by atoms with E-state index in [4.69, 9.17) is 9.84 Å². The molecule has 2 rings (SSSR count). The molecule has 0 fully saturated rings. The van der Waals surface area contributed by atoms with Crippen molar-refractivity contribution in [2.75, 3.05) is 14.2 Å². The van der Waals surface area contributed by atoms with E-state index in [1.54, 1.807) is 14.2 Å². The molecule has 2 aromatic carbocycles. The Hall–Kier alpha value is -2.33. The molecule has 0 spiro atoms. The standard InChI is InChI=1S/C17H19NO3/c1-18-15(11-17(19)20)13-9-7-12(8-10-13)14-5-3-4-6-16(14)21-2/h3-10,15,18H,11H2,1-2H3,(H,19,20)/t15-/m1/s1. The van der Waals surface area contributed by atoms with Crippen LogP contribution >= 0.6 is 0 Å². The molecule has 0 aliphatic carbocycles. The lowest BCUT2D eigenvalue weighted by atomic mass is 9.99. The van der Waals surface area contributed by atoms with Crippen molar-refractivity contribution >= 4 is 5.97 Å². The summed E-state index contributed by atoms with van der Waals surface area (Å²) in [6.07, 6.45) is 0.0600. The first-order chi connectivity index (χ1) is 10.2. The summed E-state index contributed by atoms with van der Waals surface area (Å²) in [6, 6.07) is 15.5. The molecule has 0 saturated heterocycles. The Bertz CT molecular complexity index is 608. The summed E-state index contributed by atoms with van der Waals surface area (Å²) in [7, 11) is 3.42. The van der Waals surface area contributed by atoms with Crippen LogP contribution in [0.25, 0.3) is 11.1 Å². The summed E-state index contributed by atoms with van der Waals surface area (Å²) in [5.74, 6) is 0.00380. The highest BCUT2D eigenvalue weighted by Gasteiger charge is 2.13. The lowest BCUT2D eigenvalue weighted by molar-refractivity contribution is -0.137. The second kappa shape index (κ2) is 6.90. The third-order valence-corrected chi connectivity index (χ3v) is 3.46. The number of methoxy groups -OCH3 is 1. The molecule has 4 nitrogen and oxygen atoms in total. The van der Waals surface area contributed by atoms with Gasteiger partial charge in [0.2, 0.25) is 0 Å². The van der Waals surface area contributed by atoms with E-state index in [-0.39, 0.29) is 12.5 Å². The summed E-state index contributed by atoms with van der Waals surface area (Å²) in [5.41, 5.74) is 3.02. The van der Waals surface area contributed by atoms with Gasteiger partial charge in [0, 0.05) is 11.6 Å². The molecule has 0 aromatic heterocycles. The summed E-state index contributed by atoms with van der Waals surface area (Å²) < 4.78 is 5.36. The van der Waals surface area contributed by atoms with Crippen LogP contribution in [0.5, 0.6) is 5.75 Å². The van der Waals surface area contributed by atoms with Gasteiger partial charge >= 0.3 is 5.97 Å². The van der Waals surface area contributed by atoms with Gasteiger partial charge in [-0.3, -0.25) is 4.79 Å². The Morgan fingerprint density at radius 1 is 1.19 bits per heavy atom. The fourth-order valence-electron chi connectivity index (χ4n) is 2.34. The van der Waals surface area contributed by atoms with Crippen LogP contribution in [0.4, 0.5) is 0 Å². The maximum atomic E-state index is 10.9. The van der Waals surface area contributed by atoms with Gasteiger partial charge in [0.1, 0.15) is 5.75 Å². The van der Waals surface area contributed by atoms with Gasteiger partial charge in [-0.25, -0.2) is 0 Å². The zero-order chi connectivity index (χ0) is 15.2. The zero-order valence-corrected chi connectivity index (χ0v) is 12.2. The highest BCUT2D eigenvalue weighted by atomic mass is 16.5. The second-order valence-corrected chi connectivity index (χ2v) is 4.76. The van der Waals surface area contributed by atoms with E-state index in [0.717, 1.165) is 22.4 Å². The van der Waals surface area contributed by atoms with Crippen LogP contribution < -0.4 is 10.1 Å². The first kappa shape index (κ1) is 15.1. The molecule has 21 heavy (non-hydrogen) atoms. The number of ether oxygens (including phenoxy) is 1. The van der Waals surface area contributed by atoms with Crippen LogP contribution in [-0.4, -0.2) is 25.2 Å². The number of carboxylic acid groups (broad SMARTS) is 1. The van der Waals surface area contributed by atoms with Crippen molar-refractivity contribution in [3.8, 4) is 16.9 Å². The van der Waals surface area contributed by atoms with E-state index in [2.05, 4.69) is 5.32 Å². The minimum Gasteiger partial charge on any atom is -0.496 e.